The number of rotatable bonds is 3. The summed E-state index contributed by atoms with van der Waals surface area (Å²) >= 11 is 0. The molecular formula is C22H22FNO3. The highest BCUT2D eigenvalue weighted by atomic mass is 19.1. The van der Waals surface area contributed by atoms with E-state index in [2.05, 4.69) is 4.90 Å². The molecule has 0 saturated carbocycles. The van der Waals surface area contributed by atoms with E-state index in [0.29, 0.717) is 34.5 Å². The van der Waals surface area contributed by atoms with Gasteiger partial charge in [0.2, 0.25) is 5.78 Å². The summed E-state index contributed by atoms with van der Waals surface area (Å²) in [6.07, 6.45) is 5.05. The Morgan fingerprint density at radius 2 is 2.00 bits per heavy atom. The predicted molar refractivity (Wildman–Crippen MR) is 101 cm³/mol. The lowest BCUT2D eigenvalue weighted by Crippen LogP contribution is -2.29. The topological polar surface area (TPSA) is 49.8 Å². The van der Waals surface area contributed by atoms with Gasteiger partial charge in [-0.2, -0.15) is 0 Å². The van der Waals surface area contributed by atoms with Crippen molar-refractivity contribution in [2.24, 2.45) is 0 Å². The first-order chi connectivity index (χ1) is 13.0. The Morgan fingerprint density at radius 1 is 1.22 bits per heavy atom. The molecule has 1 fully saturated rings. The Kier molecular flexibility index (Phi) is 4.70. The number of carbonyl (C=O) groups is 1. The molecule has 0 unspecified atom stereocenters. The first-order valence-corrected chi connectivity index (χ1v) is 9.30. The summed E-state index contributed by atoms with van der Waals surface area (Å²) in [7, 11) is 0. The number of nitrogens with zero attached hydrogens (tertiary/aromatic N) is 1. The SMILES string of the molecule is Cc1cc(O)c(CN2CCCCC2)c2c1C(=O)/C(=C/c1cccc(F)c1)O2. The van der Waals surface area contributed by atoms with Crippen molar-refractivity contribution in [1.29, 1.82) is 0 Å². The van der Waals surface area contributed by atoms with Crippen LogP contribution in [0.4, 0.5) is 4.39 Å². The summed E-state index contributed by atoms with van der Waals surface area (Å²) in [6.45, 7) is 4.29. The molecule has 0 aliphatic carbocycles. The van der Waals surface area contributed by atoms with Crippen LogP contribution in [0.2, 0.25) is 0 Å². The van der Waals surface area contributed by atoms with Gasteiger partial charge in [0.15, 0.2) is 5.76 Å². The summed E-state index contributed by atoms with van der Waals surface area (Å²) < 4.78 is 19.3. The zero-order valence-electron chi connectivity index (χ0n) is 15.3. The molecule has 0 amide bonds. The molecule has 0 aromatic heterocycles. The van der Waals surface area contributed by atoms with Crippen LogP contribution in [0.3, 0.4) is 0 Å². The second kappa shape index (κ2) is 7.16. The molecule has 4 rings (SSSR count). The lowest BCUT2D eigenvalue weighted by Gasteiger charge is -2.27. The highest BCUT2D eigenvalue weighted by Crippen LogP contribution is 2.42. The standard InChI is InChI=1S/C22H22FNO3/c1-14-10-18(25)17(13-24-8-3-2-4-9-24)22-20(14)21(26)19(27-22)12-15-6-5-7-16(23)11-15/h5-7,10-12,25H,2-4,8-9,13H2,1H3/b19-12-. The van der Waals surface area contributed by atoms with E-state index in [4.69, 9.17) is 4.74 Å². The summed E-state index contributed by atoms with van der Waals surface area (Å²) in [6, 6.07) is 7.64. The van der Waals surface area contributed by atoms with Gasteiger partial charge in [-0.1, -0.05) is 18.6 Å². The van der Waals surface area contributed by atoms with Crippen LogP contribution in [0.1, 0.15) is 46.3 Å². The van der Waals surface area contributed by atoms with Gasteiger partial charge in [-0.15, -0.1) is 0 Å². The number of ether oxygens (including phenoxy) is 1. The van der Waals surface area contributed by atoms with Crippen LogP contribution in [0.25, 0.3) is 6.08 Å². The van der Waals surface area contributed by atoms with Gasteiger partial charge in [0, 0.05) is 6.54 Å². The van der Waals surface area contributed by atoms with E-state index in [-0.39, 0.29) is 23.1 Å². The number of halogens is 1. The monoisotopic (exact) mass is 367 g/mol. The number of likely N-dealkylation sites (tertiary alicyclic amines) is 1. The lowest BCUT2D eigenvalue weighted by atomic mass is 9.98. The highest BCUT2D eigenvalue weighted by Gasteiger charge is 2.33. The number of hydrogen-bond donors (Lipinski definition) is 1. The maximum Gasteiger partial charge on any atom is 0.232 e. The molecular weight excluding hydrogens is 345 g/mol. The number of phenolic OH excluding ortho intramolecular Hbond substituents is 1. The minimum atomic E-state index is -0.369. The van der Waals surface area contributed by atoms with Crippen molar-refractivity contribution in [1.82, 2.24) is 4.90 Å². The van der Waals surface area contributed by atoms with Gasteiger partial charge in [-0.3, -0.25) is 9.69 Å². The first kappa shape index (κ1) is 17.7. The maximum atomic E-state index is 13.4. The zero-order valence-corrected chi connectivity index (χ0v) is 15.3. The van der Waals surface area contributed by atoms with E-state index in [9.17, 15) is 14.3 Å². The molecule has 0 radical (unpaired) electrons. The molecule has 0 atom stereocenters. The van der Waals surface area contributed by atoms with E-state index in [1.165, 1.54) is 18.6 Å². The molecule has 0 spiro atoms. The van der Waals surface area contributed by atoms with E-state index >= 15 is 0 Å². The number of hydrogen-bond acceptors (Lipinski definition) is 4. The summed E-state index contributed by atoms with van der Waals surface area (Å²) in [5, 5.41) is 10.5. The highest BCUT2D eigenvalue weighted by molar-refractivity contribution is 6.15. The van der Waals surface area contributed by atoms with Crippen molar-refractivity contribution in [3.8, 4) is 11.5 Å². The fourth-order valence-electron chi connectivity index (χ4n) is 3.82. The molecule has 2 aromatic carbocycles. The minimum absolute atomic E-state index is 0.150. The number of aryl methyl sites for hydroxylation is 1. The first-order valence-electron chi connectivity index (χ1n) is 9.30. The third kappa shape index (κ3) is 3.47. The van der Waals surface area contributed by atoms with E-state index in [1.807, 2.05) is 0 Å². The smallest absolute Gasteiger partial charge is 0.232 e. The normalized spacial score (nSPS) is 18.6. The number of phenols is 1. The predicted octanol–water partition coefficient (Wildman–Crippen LogP) is 4.44. The molecule has 2 aromatic rings. The van der Waals surface area contributed by atoms with E-state index < -0.39 is 0 Å². The van der Waals surface area contributed by atoms with Gasteiger partial charge < -0.3 is 9.84 Å². The number of piperidine rings is 1. The maximum absolute atomic E-state index is 13.4. The average molecular weight is 367 g/mol. The zero-order chi connectivity index (χ0) is 19.0. The van der Waals surface area contributed by atoms with Gasteiger partial charge in [0.1, 0.15) is 17.3 Å². The third-order valence-electron chi connectivity index (χ3n) is 5.20. The van der Waals surface area contributed by atoms with Crippen molar-refractivity contribution in [3.63, 3.8) is 0 Å². The van der Waals surface area contributed by atoms with Crippen LogP contribution in [-0.2, 0) is 6.54 Å². The number of Topliss-reactive ketones (excluding diaryl/α,β-unsaturated/α-hetero) is 1. The molecule has 1 saturated heterocycles. The largest absolute Gasteiger partial charge is 0.507 e. The van der Waals surface area contributed by atoms with Crippen LogP contribution in [0.15, 0.2) is 36.1 Å². The average Bonchev–Trinajstić information content (AvgIpc) is 2.96. The fourth-order valence-corrected chi connectivity index (χ4v) is 3.82. The fraction of sp³-hybridized carbons (Fsp3) is 0.318. The third-order valence-corrected chi connectivity index (χ3v) is 5.20. The number of benzene rings is 2. The van der Waals surface area contributed by atoms with Crippen molar-refractivity contribution in [2.75, 3.05) is 13.1 Å². The number of aromatic hydroxyl groups is 1. The van der Waals surface area contributed by atoms with Gasteiger partial charge in [-0.05, 0) is 68.3 Å². The molecule has 27 heavy (non-hydrogen) atoms. The number of ketones is 1. The van der Waals surface area contributed by atoms with Gasteiger partial charge in [-0.25, -0.2) is 4.39 Å². The molecule has 2 heterocycles. The molecule has 2 aliphatic rings. The second-order valence-corrected chi connectivity index (χ2v) is 7.23. The molecule has 0 bridgehead atoms. The lowest BCUT2D eigenvalue weighted by molar-refractivity contribution is 0.101. The van der Waals surface area contributed by atoms with E-state index in [0.717, 1.165) is 25.9 Å². The Bertz CT molecular complexity index is 929. The second-order valence-electron chi connectivity index (χ2n) is 7.23. The molecule has 1 N–H and O–H groups in total. The van der Waals surface area contributed by atoms with Crippen LogP contribution < -0.4 is 4.74 Å². The molecule has 2 aliphatic heterocycles. The van der Waals surface area contributed by atoms with Gasteiger partial charge in [0.05, 0.1) is 11.1 Å². The number of fused-ring (bicyclic) bond motifs is 1. The van der Waals surface area contributed by atoms with Crippen molar-refractivity contribution >= 4 is 11.9 Å². The van der Waals surface area contributed by atoms with Crippen molar-refractivity contribution in [2.45, 2.75) is 32.7 Å². The van der Waals surface area contributed by atoms with Crippen LogP contribution in [0, 0.1) is 12.7 Å². The Labute approximate surface area is 157 Å². The molecule has 5 heteroatoms. The quantitative estimate of drug-likeness (QED) is 0.815. The molecule has 4 nitrogen and oxygen atoms in total. The summed E-state index contributed by atoms with van der Waals surface area (Å²) in [5.41, 5.74) is 2.37. The van der Waals surface area contributed by atoms with Crippen LogP contribution >= 0.6 is 0 Å². The van der Waals surface area contributed by atoms with Crippen LogP contribution in [-0.4, -0.2) is 28.9 Å². The Hall–Kier alpha value is -2.66. The minimum Gasteiger partial charge on any atom is -0.507 e. The Morgan fingerprint density at radius 3 is 2.74 bits per heavy atom. The number of carbonyl (C=O) groups excluding carboxylic acids is 1. The Balaban J connectivity index is 1.71. The van der Waals surface area contributed by atoms with E-state index in [1.54, 1.807) is 31.2 Å². The molecule has 140 valence electrons. The summed E-state index contributed by atoms with van der Waals surface area (Å²) in [4.78, 5) is 15.2. The number of allylic oxidation sites excluding steroid dienone is 1. The van der Waals surface area contributed by atoms with Gasteiger partial charge >= 0.3 is 0 Å². The van der Waals surface area contributed by atoms with Gasteiger partial charge in [0.25, 0.3) is 0 Å². The van der Waals surface area contributed by atoms with Crippen molar-refractivity contribution in [3.05, 3.63) is 64.2 Å². The van der Waals surface area contributed by atoms with Crippen molar-refractivity contribution < 1.29 is 19.0 Å². The summed E-state index contributed by atoms with van der Waals surface area (Å²) in [5.74, 6) is 0.144. The van der Waals surface area contributed by atoms with Crippen LogP contribution in [0.5, 0.6) is 11.5 Å².